The van der Waals surface area contributed by atoms with Crippen LogP contribution >= 0.6 is 11.6 Å². The highest BCUT2D eigenvalue weighted by Crippen LogP contribution is 2.25. The van der Waals surface area contributed by atoms with Gasteiger partial charge in [-0.1, -0.05) is 11.6 Å². The average Bonchev–Trinajstić information content (AvgIpc) is 2.48. The molecule has 1 amide bonds. The van der Waals surface area contributed by atoms with Crippen molar-refractivity contribution in [3.63, 3.8) is 0 Å². The van der Waals surface area contributed by atoms with E-state index in [2.05, 4.69) is 10.2 Å². The van der Waals surface area contributed by atoms with Gasteiger partial charge in [0.05, 0.1) is 6.61 Å². The second-order valence-electron chi connectivity index (χ2n) is 7.41. The Morgan fingerprint density at radius 3 is 2.84 bits per heavy atom. The summed E-state index contributed by atoms with van der Waals surface area (Å²) in [5.41, 5.74) is 0.596. The van der Waals surface area contributed by atoms with Crippen LogP contribution in [-0.4, -0.2) is 42.3 Å². The van der Waals surface area contributed by atoms with Crippen LogP contribution in [-0.2, 0) is 11.3 Å². The summed E-state index contributed by atoms with van der Waals surface area (Å²) in [5, 5.41) is 3.69. The van der Waals surface area contributed by atoms with E-state index in [-0.39, 0.29) is 12.1 Å². The molecule has 25 heavy (non-hydrogen) atoms. The number of carbonyl (C=O) groups is 1. The molecule has 5 nitrogen and oxygen atoms in total. The normalized spacial score (nSPS) is 18.7. The molecule has 0 aromatic heterocycles. The highest BCUT2D eigenvalue weighted by atomic mass is 35.5. The molecule has 6 heteroatoms. The maximum Gasteiger partial charge on any atom is 0.407 e. The first kappa shape index (κ1) is 19.9. The summed E-state index contributed by atoms with van der Waals surface area (Å²) in [6.07, 6.45) is 1.64. The Kier molecular flexibility index (Phi) is 6.96. The number of alkyl carbamates (subject to hydrolysis) is 1. The highest BCUT2D eigenvalue weighted by Gasteiger charge is 2.24. The largest absolute Gasteiger partial charge is 0.494 e. The van der Waals surface area contributed by atoms with Gasteiger partial charge in [-0.3, -0.25) is 4.90 Å². The molecule has 0 spiro atoms. The van der Waals surface area contributed by atoms with Gasteiger partial charge in [-0.2, -0.15) is 0 Å². The van der Waals surface area contributed by atoms with Gasteiger partial charge in [0.15, 0.2) is 0 Å². The minimum atomic E-state index is -0.481. The van der Waals surface area contributed by atoms with E-state index in [1.165, 1.54) is 0 Å². The van der Waals surface area contributed by atoms with Gasteiger partial charge >= 0.3 is 6.09 Å². The fraction of sp³-hybridized carbons (Fsp3) is 0.632. The predicted molar refractivity (Wildman–Crippen MR) is 100 cm³/mol. The molecule has 1 aliphatic heterocycles. The molecule has 1 fully saturated rings. The molecule has 1 aromatic rings. The number of hydrogen-bond acceptors (Lipinski definition) is 4. The molecule has 0 bridgehead atoms. The molecule has 2 rings (SSSR count). The van der Waals surface area contributed by atoms with Crippen LogP contribution in [0.5, 0.6) is 5.75 Å². The maximum absolute atomic E-state index is 12.0. The summed E-state index contributed by atoms with van der Waals surface area (Å²) in [5.74, 6) is 0.870. The van der Waals surface area contributed by atoms with Crippen LogP contribution in [0.2, 0.25) is 5.02 Å². The smallest absolute Gasteiger partial charge is 0.407 e. The number of nitrogens with zero attached hydrogens (tertiary/aromatic N) is 1. The minimum Gasteiger partial charge on any atom is -0.494 e. The van der Waals surface area contributed by atoms with Crippen molar-refractivity contribution >= 4 is 17.7 Å². The summed E-state index contributed by atoms with van der Waals surface area (Å²) in [4.78, 5) is 14.3. The standard InChI is InChI=1S/C19H29ClN2O3/c1-5-24-17-9-8-15(20)11-14(17)12-22-10-6-7-16(13-22)21-18(23)25-19(2,3)4/h8-9,11,16H,5-7,10,12-13H2,1-4H3,(H,21,23). The number of rotatable bonds is 5. The summed E-state index contributed by atoms with van der Waals surface area (Å²) in [7, 11) is 0. The number of piperidine rings is 1. The predicted octanol–water partition coefficient (Wildman–Crippen LogP) is 4.23. The van der Waals surface area contributed by atoms with Gasteiger partial charge in [0, 0.05) is 29.7 Å². The third-order valence-corrected chi connectivity index (χ3v) is 4.18. The van der Waals surface area contributed by atoms with E-state index in [9.17, 15) is 4.79 Å². The van der Waals surface area contributed by atoms with Gasteiger partial charge in [-0.05, 0) is 65.3 Å². The number of carbonyl (C=O) groups excluding carboxylic acids is 1. The Hall–Kier alpha value is -1.46. The van der Waals surface area contributed by atoms with Crippen molar-refractivity contribution in [1.82, 2.24) is 10.2 Å². The summed E-state index contributed by atoms with van der Waals surface area (Å²) in [6, 6.07) is 5.82. The van der Waals surface area contributed by atoms with Gasteiger partial charge < -0.3 is 14.8 Å². The Morgan fingerprint density at radius 2 is 2.16 bits per heavy atom. The first-order chi connectivity index (χ1) is 11.8. The van der Waals surface area contributed by atoms with Crippen molar-refractivity contribution in [2.24, 2.45) is 0 Å². The number of hydrogen-bond donors (Lipinski definition) is 1. The molecule has 1 heterocycles. The van der Waals surface area contributed by atoms with Crippen molar-refractivity contribution < 1.29 is 14.3 Å². The first-order valence-electron chi connectivity index (χ1n) is 8.90. The Balaban J connectivity index is 1.95. The number of amides is 1. The molecule has 1 aromatic carbocycles. The van der Waals surface area contributed by atoms with Gasteiger partial charge in [0.25, 0.3) is 0 Å². The van der Waals surface area contributed by atoms with Crippen LogP contribution in [0.1, 0.15) is 46.1 Å². The monoisotopic (exact) mass is 368 g/mol. The zero-order valence-corrected chi connectivity index (χ0v) is 16.4. The minimum absolute atomic E-state index is 0.0957. The van der Waals surface area contributed by atoms with E-state index < -0.39 is 5.60 Å². The second-order valence-corrected chi connectivity index (χ2v) is 7.84. The van der Waals surface area contributed by atoms with Crippen LogP contribution in [0.3, 0.4) is 0 Å². The zero-order valence-electron chi connectivity index (χ0n) is 15.6. The molecule has 0 radical (unpaired) electrons. The van der Waals surface area contributed by atoms with Crippen molar-refractivity contribution in [2.75, 3.05) is 19.7 Å². The summed E-state index contributed by atoms with van der Waals surface area (Å²) < 4.78 is 11.1. The Morgan fingerprint density at radius 1 is 1.40 bits per heavy atom. The first-order valence-corrected chi connectivity index (χ1v) is 9.27. The lowest BCUT2D eigenvalue weighted by Gasteiger charge is -2.33. The quantitative estimate of drug-likeness (QED) is 0.845. The van der Waals surface area contributed by atoms with Crippen LogP contribution in [0.4, 0.5) is 4.79 Å². The molecule has 0 saturated carbocycles. The molecule has 1 atom stereocenters. The molecule has 0 aliphatic carbocycles. The molecular formula is C19H29ClN2O3. The van der Waals surface area contributed by atoms with Crippen molar-refractivity contribution in [2.45, 2.75) is 58.7 Å². The van der Waals surface area contributed by atoms with Gasteiger partial charge in [-0.15, -0.1) is 0 Å². The van der Waals surface area contributed by atoms with Gasteiger partial charge in [0.2, 0.25) is 0 Å². The molecule has 1 aliphatic rings. The number of ether oxygens (including phenoxy) is 2. The van der Waals surface area contributed by atoms with Crippen molar-refractivity contribution in [1.29, 1.82) is 0 Å². The lowest BCUT2D eigenvalue weighted by atomic mass is 10.0. The number of halogens is 1. The van der Waals surface area contributed by atoms with Crippen LogP contribution in [0.25, 0.3) is 0 Å². The summed E-state index contributed by atoms with van der Waals surface area (Å²) >= 11 is 6.15. The van der Waals surface area contributed by atoms with E-state index in [1.54, 1.807) is 0 Å². The average molecular weight is 369 g/mol. The van der Waals surface area contributed by atoms with Crippen molar-refractivity contribution in [3.05, 3.63) is 28.8 Å². The maximum atomic E-state index is 12.0. The molecular weight excluding hydrogens is 340 g/mol. The van der Waals surface area contributed by atoms with Gasteiger partial charge in [-0.25, -0.2) is 4.79 Å². The van der Waals surface area contributed by atoms with E-state index >= 15 is 0 Å². The van der Waals surface area contributed by atoms with E-state index in [1.807, 2.05) is 45.9 Å². The Labute approximate surface area is 155 Å². The fourth-order valence-electron chi connectivity index (χ4n) is 3.00. The number of benzene rings is 1. The van der Waals surface area contributed by atoms with Crippen molar-refractivity contribution in [3.8, 4) is 5.75 Å². The molecule has 1 saturated heterocycles. The topological polar surface area (TPSA) is 50.8 Å². The SMILES string of the molecule is CCOc1ccc(Cl)cc1CN1CCCC(NC(=O)OC(C)(C)C)C1. The van der Waals surface area contributed by atoms with E-state index in [0.717, 1.165) is 43.8 Å². The van der Waals surface area contributed by atoms with Crippen LogP contribution < -0.4 is 10.1 Å². The fourth-order valence-corrected chi connectivity index (χ4v) is 3.19. The van der Waals surface area contributed by atoms with E-state index in [0.29, 0.717) is 11.6 Å². The highest BCUT2D eigenvalue weighted by molar-refractivity contribution is 6.30. The Bertz CT molecular complexity index is 587. The second kappa shape index (κ2) is 8.77. The molecule has 1 N–H and O–H groups in total. The number of nitrogens with one attached hydrogen (secondary N) is 1. The third kappa shape index (κ3) is 6.75. The summed E-state index contributed by atoms with van der Waals surface area (Å²) in [6.45, 7) is 10.7. The van der Waals surface area contributed by atoms with E-state index in [4.69, 9.17) is 21.1 Å². The molecule has 140 valence electrons. The van der Waals surface area contributed by atoms with Crippen LogP contribution in [0.15, 0.2) is 18.2 Å². The van der Waals surface area contributed by atoms with Gasteiger partial charge in [0.1, 0.15) is 11.4 Å². The third-order valence-electron chi connectivity index (χ3n) is 3.94. The van der Waals surface area contributed by atoms with Crippen LogP contribution in [0, 0.1) is 0 Å². The molecule has 1 unspecified atom stereocenters. The zero-order chi connectivity index (χ0) is 18.4. The lowest BCUT2D eigenvalue weighted by molar-refractivity contribution is 0.0470. The lowest BCUT2D eigenvalue weighted by Crippen LogP contribution is -2.48. The number of likely N-dealkylation sites (tertiary alicyclic amines) is 1.